The predicted molar refractivity (Wildman–Crippen MR) is 86.1 cm³/mol. The maximum Gasteiger partial charge on any atom is 0.0740 e. The van der Waals surface area contributed by atoms with Crippen molar-refractivity contribution in [1.29, 1.82) is 0 Å². The highest BCUT2D eigenvalue weighted by molar-refractivity contribution is 5.74. The van der Waals surface area contributed by atoms with Gasteiger partial charge in [-0.15, -0.1) is 0 Å². The van der Waals surface area contributed by atoms with E-state index in [1.807, 2.05) is 29.1 Å². The molecule has 0 spiro atoms. The van der Waals surface area contributed by atoms with Crippen molar-refractivity contribution in [2.45, 2.75) is 20.8 Å². The van der Waals surface area contributed by atoms with Gasteiger partial charge in [-0.25, -0.2) is 4.68 Å². The summed E-state index contributed by atoms with van der Waals surface area (Å²) in [6.07, 6.45) is 7.35. The summed E-state index contributed by atoms with van der Waals surface area (Å²) in [6.45, 7) is 14.0. The van der Waals surface area contributed by atoms with Gasteiger partial charge in [0.2, 0.25) is 0 Å². The molecule has 2 rings (SSSR count). The molecule has 2 nitrogen and oxygen atoms in total. The van der Waals surface area contributed by atoms with Crippen LogP contribution < -0.4 is 0 Å². The second kappa shape index (κ2) is 5.74. The average molecular weight is 264 g/mol. The van der Waals surface area contributed by atoms with Crippen LogP contribution >= 0.6 is 0 Å². The summed E-state index contributed by atoms with van der Waals surface area (Å²) < 4.78 is 1.97. The maximum absolute atomic E-state index is 4.48. The van der Waals surface area contributed by atoms with Gasteiger partial charge in [0, 0.05) is 0 Å². The average Bonchev–Trinajstić information content (AvgIpc) is 2.83. The van der Waals surface area contributed by atoms with Gasteiger partial charge in [-0.3, -0.25) is 0 Å². The first-order valence-electron chi connectivity index (χ1n) is 6.66. The van der Waals surface area contributed by atoms with Crippen LogP contribution in [0.5, 0.6) is 0 Å². The molecule has 2 heteroatoms. The first kappa shape index (κ1) is 14.1. The van der Waals surface area contributed by atoms with Crippen LogP contribution in [-0.2, 0) is 0 Å². The molecule has 1 aromatic carbocycles. The topological polar surface area (TPSA) is 17.8 Å². The lowest BCUT2D eigenvalue weighted by Gasteiger charge is -2.14. The fourth-order valence-electron chi connectivity index (χ4n) is 2.59. The lowest BCUT2D eigenvalue weighted by Crippen LogP contribution is -2.06. The molecule has 0 radical (unpaired) electrons. The van der Waals surface area contributed by atoms with Crippen LogP contribution in [0.4, 0.5) is 0 Å². The van der Waals surface area contributed by atoms with Crippen molar-refractivity contribution in [2.24, 2.45) is 0 Å². The molecular formula is C18H20N2. The molecule has 0 aliphatic carbocycles. The Morgan fingerprint density at radius 3 is 2.35 bits per heavy atom. The second-order valence-electron chi connectivity index (χ2n) is 4.94. The van der Waals surface area contributed by atoms with Gasteiger partial charge >= 0.3 is 0 Å². The third kappa shape index (κ3) is 2.50. The van der Waals surface area contributed by atoms with Gasteiger partial charge in [-0.05, 0) is 43.5 Å². The summed E-state index contributed by atoms with van der Waals surface area (Å²) in [6, 6.07) is 6.35. The summed E-state index contributed by atoms with van der Waals surface area (Å²) in [5, 5.41) is 4.48. The van der Waals surface area contributed by atoms with E-state index < -0.39 is 0 Å². The minimum Gasteiger partial charge on any atom is -0.233 e. The standard InChI is InChI=1S/C18H20N2/c1-6-8-16(7-2)17-9-10-19-20(17)18-14(4)11-13(3)12-15(18)5/h6-12H,1-2H2,3-5H3/b16-8+. The van der Waals surface area contributed by atoms with E-state index in [1.54, 1.807) is 6.08 Å². The maximum atomic E-state index is 4.48. The zero-order chi connectivity index (χ0) is 14.7. The van der Waals surface area contributed by atoms with Gasteiger partial charge in [-0.2, -0.15) is 5.10 Å². The van der Waals surface area contributed by atoms with Crippen LogP contribution in [-0.4, -0.2) is 9.78 Å². The molecule has 0 aliphatic rings. The van der Waals surface area contributed by atoms with E-state index in [0.29, 0.717) is 0 Å². The molecule has 0 bridgehead atoms. The largest absolute Gasteiger partial charge is 0.233 e. The molecule has 20 heavy (non-hydrogen) atoms. The number of allylic oxidation sites excluding steroid dienone is 4. The van der Waals surface area contributed by atoms with Crippen molar-refractivity contribution in [1.82, 2.24) is 9.78 Å². The van der Waals surface area contributed by atoms with Crippen molar-refractivity contribution in [3.63, 3.8) is 0 Å². The summed E-state index contributed by atoms with van der Waals surface area (Å²) in [5.74, 6) is 0. The molecule has 0 atom stereocenters. The third-order valence-electron chi connectivity index (χ3n) is 3.30. The zero-order valence-electron chi connectivity index (χ0n) is 12.4. The third-order valence-corrected chi connectivity index (χ3v) is 3.30. The fraction of sp³-hybridized carbons (Fsp3) is 0.167. The summed E-state index contributed by atoms with van der Waals surface area (Å²) in [5.41, 5.74) is 6.87. The highest BCUT2D eigenvalue weighted by atomic mass is 15.3. The molecule has 1 heterocycles. The minimum atomic E-state index is 1.01. The van der Waals surface area contributed by atoms with Crippen LogP contribution in [0.2, 0.25) is 0 Å². The molecular weight excluding hydrogens is 244 g/mol. The summed E-state index contributed by atoms with van der Waals surface area (Å²) in [4.78, 5) is 0. The Kier molecular flexibility index (Phi) is 4.04. The monoisotopic (exact) mass is 264 g/mol. The minimum absolute atomic E-state index is 1.01. The molecule has 102 valence electrons. The van der Waals surface area contributed by atoms with Gasteiger partial charge in [0.05, 0.1) is 17.6 Å². The first-order chi connectivity index (χ1) is 9.58. The number of benzene rings is 1. The van der Waals surface area contributed by atoms with E-state index in [9.17, 15) is 0 Å². The van der Waals surface area contributed by atoms with E-state index in [1.165, 1.54) is 16.7 Å². The van der Waals surface area contributed by atoms with Crippen molar-refractivity contribution in [3.05, 3.63) is 78.2 Å². The zero-order valence-corrected chi connectivity index (χ0v) is 12.4. The molecule has 0 saturated heterocycles. The Morgan fingerprint density at radius 1 is 1.15 bits per heavy atom. The van der Waals surface area contributed by atoms with E-state index in [4.69, 9.17) is 0 Å². The molecule has 0 N–H and O–H groups in total. The van der Waals surface area contributed by atoms with E-state index >= 15 is 0 Å². The number of aromatic nitrogens is 2. The predicted octanol–water partition coefficient (Wildman–Crippen LogP) is 4.55. The number of rotatable bonds is 4. The molecule has 1 aromatic heterocycles. The highest BCUT2D eigenvalue weighted by Crippen LogP contribution is 2.25. The lowest BCUT2D eigenvalue weighted by molar-refractivity contribution is 0.852. The van der Waals surface area contributed by atoms with Gasteiger partial charge in [0.1, 0.15) is 0 Å². The van der Waals surface area contributed by atoms with Crippen LogP contribution in [0, 0.1) is 20.8 Å². The van der Waals surface area contributed by atoms with Crippen LogP contribution in [0.1, 0.15) is 22.4 Å². The first-order valence-corrected chi connectivity index (χ1v) is 6.66. The quantitative estimate of drug-likeness (QED) is 0.741. The normalized spacial score (nSPS) is 11.4. The van der Waals surface area contributed by atoms with E-state index in [2.05, 4.69) is 51.2 Å². The van der Waals surface area contributed by atoms with Crippen LogP contribution in [0.3, 0.4) is 0 Å². The highest BCUT2D eigenvalue weighted by Gasteiger charge is 2.12. The van der Waals surface area contributed by atoms with Gasteiger partial charge < -0.3 is 0 Å². The Bertz CT molecular complexity index is 664. The second-order valence-corrected chi connectivity index (χ2v) is 4.94. The van der Waals surface area contributed by atoms with Crippen LogP contribution in [0.25, 0.3) is 11.3 Å². The molecule has 0 fully saturated rings. The van der Waals surface area contributed by atoms with E-state index in [0.717, 1.165) is 17.0 Å². The molecule has 0 amide bonds. The Hall–Kier alpha value is -2.35. The van der Waals surface area contributed by atoms with Crippen molar-refractivity contribution >= 4 is 5.57 Å². The SMILES string of the molecule is C=C/C=C(\C=C)c1ccnn1-c1c(C)cc(C)cc1C. The molecule has 0 aliphatic heterocycles. The van der Waals surface area contributed by atoms with Gasteiger partial charge in [0.15, 0.2) is 0 Å². The Labute approximate surface area is 120 Å². The molecule has 2 aromatic rings. The Balaban J connectivity index is 2.67. The van der Waals surface area contributed by atoms with Crippen molar-refractivity contribution in [3.8, 4) is 5.69 Å². The number of nitrogens with zero attached hydrogens (tertiary/aromatic N) is 2. The van der Waals surface area contributed by atoms with Gasteiger partial charge in [-0.1, -0.05) is 49.1 Å². The lowest BCUT2D eigenvalue weighted by atomic mass is 10.0. The number of hydrogen-bond acceptors (Lipinski definition) is 1. The smallest absolute Gasteiger partial charge is 0.0740 e. The number of hydrogen-bond donors (Lipinski definition) is 0. The summed E-state index contributed by atoms with van der Waals surface area (Å²) in [7, 11) is 0. The van der Waals surface area contributed by atoms with Crippen molar-refractivity contribution < 1.29 is 0 Å². The Morgan fingerprint density at radius 2 is 1.80 bits per heavy atom. The van der Waals surface area contributed by atoms with Gasteiger partial charge in [0.25, 0.3) is 0 Å². The molecule has 0 saturated carbocycles. The number of aryl methyl sites for hydroxylation is 3. The van der Waals surface area contributed by atoms with Crippen LogP contribution in [0.15, 0.2) is 55.8 Å². The summed E-state index contributed by atoms with van der Waals surface area (Å²) >= 11 is 0. The fourth-order valence-corrected chi connectivity index (χ4v) is 2.59. The molecule has 0 unspecified atom stereocenters. The van der Waals surface area contributed by atoms with Crippen molar-refractivity contribution in [2.75, 3.05) is 0 Å². The van der Waals surface area contributed by atoms with E-state index in [-0.39, 0.29) is 0 Å².